The van der Waals surface area contributed by atoms with Crippen molar-refractivity contribution in [1.82, 2.24) is 5.32 Å². The average molecular weight is 315 g/mol. The predicted molar refractivity (Wildman–Crippen MR) is 90.0 cm³/mol. The van der Waals surface area contributed by atoms with E-state index in [1.165, 1.54) is 19.3 Å². The van der Waals surface area contributed by atoms with Gasteiger partial charge in [0.05, 0.1) is 6.54 Å². The van der Waals surface area contributed by atoms with Crippen molar-refractivity contribution in [3.63, 3.8) is 0 Å². The highest BCUT2D eigenvalue weighted by molar-refractivity contribution is 5.78. The SMILES string of the molecule is CC(O)(CNC(=O)CC1CCCCC1)c1cc2ccccc2o1. The molecule has 3 rings (SSSR count). The highest BCUT2D eigenvalue weighted by atomic mass is 16.4. The van der Waals surface area contributed by atoms with E-state index in [0.717, 1.165) is 23.8 Å². The van der Waals surface area contributed by atoms with E-state index in [9.17, 15) is 9.90 Å². The molecule has 0 bridgehead atoms. The summed E-state index contributed by atoms with van der Waals surface area (Å²) in [6.45, 7) is 1.84. The summed E-state index contributed by atoms with van der Waals surface area (Å²) in [5, 5.41) is 14.5. The Morgan fingerprint density at radius 2 is 2.04 bits per heavy atom. The number of amides is 1. The second kappa shape index (κ2) is 6.75. The van der Waals surface area contributed by atoms with Crippen LogP contribution in [0.15, 0.2) is 34.7 Å². The van der Waals surface area contributed by atoms with Crippen LogP contribution in [0.4, 0.5) is 0 Å². The Morgan fingerprint density at radius 3 is 2.78 bits per heavy atom. The highest BCUT2D eigenvalue weighted by Gasteiger charge is 2.28. The zero-order valence-corrected chi connectivity index (χ0v) is 13.7. The lowest BCUT2D eigenvalue weighted by Gasteiger charge is -2.24. The van der Waals surface area contributed by atoms with E-state index in [4.69, 9.17) is 4.42 Å². The van der Waals surface area contributed by atoms with Gasteiger partial charge in [0.15, 0.2) is 0 Å². The smallest absolute Gasteiger partial charge is 0.220 e. The molecule has 1 fully saturated rings. The minimum absolute atomic E-state index is 0.0216. The van der Waals surface area contributed by atoms with Crippen LogP contribution in [0.3, 0.4) is 0 Å². The molecule has 1 unspecified atom stereocenters. The summed E-state index contributed by atoms with van der Waals surface area (Å²) in [4.78, 5) is 12.1. The van der Waals surface area contributed by atoms with Crippen molar-refractivity contribution >= 4 is 16.9 Å². The van der Waals surface area contributed by atoms with Crippen LogP contribution in [0, 0.1) is 5.92 Å². The standard InChI is InChI=1S/C19H25NO3/c1-19(22,17-12-15-9-5-6-10-16(15)23-17)13-20-18(21)11-14-7-3-2-4-8-14/h5-6,9-10,12,14,22H,2-4,7-8,11,13H2,1H3,(H,20,21). The number of fused-ring (bicyclic) bond motifs is 1. The van der Waals surface area contributed by atoms with Gasteiger partial charge >= 0.3 is 0 Å². The minimum Gasteiger partial charge on any atom is -0.458 e. The quantitative estimate of drug-likeness (QED) is 0.884. The number of hydrogen-bond acceptors (Lipinski definition) is 3. The van der Waals surface area contributed by atoms with Gasteiger partial charge in [0.1, 0.15) is 16.9 Å². The molecule has 2 aromatic rings. The summed E-state index contributed by atoms with van der Waals surface area (Å²) in [6, 6.07) is 9.48. The van der Waals surface area contributed by atoms with Gasteiger partial charge < -0.3 is 14.8 Å². The van der Waals surface area contributed by atoms with Crippen molar-refractivity contribution in [3.8, 4) is 0 Å². The molecular weight excluding hydrogens is 290 g/mol. The van der Waals surface area contributed by atoms with Gasteiger partial charge in [0.25, 0.3) is 0 Å². The second-order valence-electron chi connectivity index (χ2n) is 6.91. The van der Waals surface area contributed by atoms with Crippen LogP contribution in [0.5, 0.6) is 0 Å². The Labute approximate surface area is 136 Å². The topological polar surface area (TPSA) is 62.5 Å². The van der Waals surface area contributed by atoms with Crippen LogP contribution in [0.25, 0.3) is 11.0 Å². The van der Waals surface area contributed by atoms with Crippen molar-refractivity contribution in [3.05, 3.63) is 36.1 Å². The number of para-hydroxylation sites is 1. The number of nitrogens with one attached hydrogen (secondary N) is 1. The maximum Gasteiger partial charge on any atom is 0.220 e. The summed E-state index contributed by atoms with van der Waals surface area (Å²) in [5.74, 6) is 1.00. The van der Waals surface area contributed by atoms with Gasteiger partial charge in [-0.15, -0.1) is 0 Å². The molecule has 0 saturated heterocycles. The maximum absolute atomic E-state index is 12.1. The van der Waals surface area contributed by atoms with Crippen molar-refractivity contribution in [1.29, 1.82) is 0 Å². The predicted octanol–water partition coefficient (Wildman–Crippen LogP) is 3.73. The van der Waals surface area contributed by atoms with Crippen molar-refractivity contribution in [2.45, 2.75) is 51.0 Å². The molecule has 1 heterocycles. The monoisotopic (exact) mass is 315 g/mol. The van der Waals surface area contributed by atoms with E-state index < -0.39 is 5.60 Å². The van der Waals surface area contributed by atoms with Gasteiger partial charge in [0.2, 0.25) is 5.91 Å². The lowest BCUT2D eigenvalue weighted by atomic mass is 9.87. The summed E-state index contributed by atoms with van der Waals surface area (Å²) in [6.07, 6.45) is 6.61. The fourth-order valence-corrected chi connectivity index (χ4v) is 3.33. The second-order valence-corrected chi connectivity index (χ2v) is 6.91. The number of furan rings is 1. The van der Waals surface area contributed by atoms with Crippen molar-refractivity contribution in [2.75, 3.05) is 6.54 Å². The first-order chi connectivity index (χ1) is 11.0. The van der Waals surface area contributed by atoms with Crippen LogP contribution in [-0.4, -0.2) is 17.6 Å². The molecule has 23 heavy (non-hydrogen) atoms. The molecule has 1 aromatic heterocycles. The first kappa shape index (κ1) is 16.1. The summed E-state index contributed by atoms with van der Waals surface area (Å²) >= 11 is 0. The fraction of sp³-hybridized carbons (Fsp3) is 0.526. The van der Waals surface area contributed by atoms with Crippen LogP contribution < -0.4 is 5.32 Å². The number of benzene rings is 1. The minimum atomic E-state index is -1.21. The van der Waals surface area contributed by atoms with E-state index in [-0.39, 0.29) is 12.5 Å². The molecule has 1 amide bonds. The van der Waals surface area contributed by atoms with E-state index in [1.54, 1.807) is 6.92 Å². The number of carbonyl (C=O) groups is 1. The summed E-state index contributed by atoms with van der Waals surface area (Å²) in [5.41, 5.74) is -0.461. The molecule has 4 nitrogen and oxygen atoms in total. The molecule has 1 atom stereocenters. The Bertz CT molecular complexity index is 635. The maximum atomic E-state index is 12.1. The molecule has 1 aromatic carbocycles. The van der Waals surface area contributed by atoms with Crippen LogP contribution in [-0.2, 0) is 10.4 Å². The first-order valence-electron chi connectivity index (χ1n) is 8.53. The van der Waals surface area contributed by atoms with E-state index in [2.05, 4.69) is 5.32 Å². The number of carbonyl (C=O) groups excluding carboxylic acids is 1. The summed E-state index contributed by atoms with van der Waals surface area (Å²) < 4.78 is 5.71. The zero-order valence-electron chi connectivity index (χ0n) is 13.7. The molecule has 4 heteroatoms. The fourth-order valence-electron chi connectivity index (χ4n) is 3.33. The highest BCUT2D eigenvalue weighted by Crippen LogP contribution is 2.28. The molecule has 2 N–H and O–H groups in total. The zero-order chi connectivity index (χ0) is 16.3. The third kappa shape index (κ3) is 3.94. The Hall–Kier alpha value is -1.81. The molecule has 1 aliphatic rings. The van der Waals surface area contributed by atoms with E-state index >= 15 is 0 Å². The van der Waals surface area contributed by atoms with Crippen LogP contribution in [0.2, 0.25) is 0 Å². The Balaban J connectivity index is 1.58. The molecule has 0 aliphatic heterocycles. The average Bonchev–Trinajstić information content (AvgIpc) is 2.99. The van der Waals surface area contributed by atoms with Gasteiger partial charge in [-0.3, -0.25) is 4.79 Å². The molecular formula is C19H25NO3. The van der Waals surface area contributed by atoms with Crippen LogP contribution in [0.1, 0.15) is 51.2 Å². The van der Waals surface area contributed by atoms with E-state index in [0.29, 0.717) is 18.1 Å². The molecule has 0 radical (unpaired) electrons. The normalized spacial score (nSPS) is 18.7. The van der Waals surface area contributed by atoms with Crippen LogP contribution >= 0.6 is 0 Å². The van der Waals surface area contributed by atoms with Gasteiger partial charge in [0, 0.05) is 11.8 Å². The molecule has 1 aliphatic carbocycles. The lowest BCUT2D eigenvalue weighted by molar-refractivity contribution is -0.123. The number of rotatable bonds is 5. The third-order valence-electron chi connectivity index (χ3n) is 4.78. The van der Waals surface area contributed by atoms with Gasteiger partial charge in [-0.2, -0.15) is 0 Å². The van der Waals surface area contributed by atoms with Crippen molar-refractivity contribution < 1.29 is 14.3 Å². The summed E-state index contributed by atoms with van der Waals surface area (Å²) in [7, 11) is 0. The number of hydrogen-bond donors (Lipinski definition) is 2. The Morgan fingerprint density at radius 1 is 1.30 bits per heavy atom. The lowest BCUT2D eigenvalue weighted by Crippen LogP contribution is -2.39. The number of aliphatic hydroxyl groups is 1. The van der Waals surface area contributed by atoms with Gasteiger partial charge in [-0.05, 0) is 37.8 Å². The van der Waals surface area contributed by atoms with Gasteiger partial charge in [-0.1, -0.05) is 37.5 Å². The molecule has 0 spiro atoms. The van der Waals surface area contributed by atoms with Crippen molar-refractivity contribution in [2.24, 2.45) is 5.92 Å². The Kier molecular flexibility index (Phi) is 4.71. The molecule has 1 saturated carbocycles. The van der Waals surface area contributed by atoms with E-state index in [1.807, 2.05) is 30.3 Å². The third-order valence-corrected chi connectivity index (χ3v) is 4.78. The molecule has 124 valence electrons. The largest absolute Gasteiger partial charge is 0.458 e. The van der Waals surface area contributed by atoms with Gasteiger partial charge in [-0.25, -0.2) is 0 Å². The first-order valence-corrected chi connectivity index (χ1v) is 8.53.